The zero-order valence-corrected chi connectivity index (χ0v) is 9.73. The second-order valence-electron chi connectivity index (χ2n) is 3.23. The summed E-state index contributed by atoms with van der Waals surface area (Å²) in [5.41, 5.74) is 6.52. The van der Waals surface area contributed by atoms with Gasteiger partial charge in [0.25, 0.3) is 5.89 Å². The van der Waals surface area contributed by atoms with Gasteiger partial charge in [-0.15, -0.1) is 0 Å². The van der Waals surface area contributed by atoms with Crippen LogP contribution in [0.25, 0.3) is 11.5 Å². The molecule has 15 heavy (non-hydrogen) atoms. The molecule has 0 saturated heterocycles. The van der Waals surface area contributed by atoms with Gasteiger partial charge in [-0.2, -0.15) is 4.98 Å². The van der Waals surface area contributed by atoms with Crippen molar-refractivity contribution in [3.63, 3.8) is 0 Å². The fraction of sp³-hybridized carbons (Fsp3) is 0.200. The maximum absolute atomic E-state index is 5.65. The number of aromatic nitrogens is 2. The number of hydrogen-bond donors (Lipinski definition) is 1. The Bertz CT molecular complexity index is 467. The molecule has 2 rings (SSSR count). The minimum atomic E-state index is -0.218. The number of benzene rings is 1. The first-order valence-corrected chi connectivity index (χ1v) is 5.32. The summed E-state index contributed by atoms with van der Waals surface area (Å²) in [6.07, 6.45) is 0. The fourth-order valence-corrected chi connectivity index (χ4v) is 1.62. The van der Waals surface area contributed by atoms with Gasteiger partial charge in [-0.05, 0) is 35.0 Å². The van der Waals surface area contributed by atoms with Crippen molar-refractivity contribution in [1.82, 2.24) is 10.1 Å². The normalized spacial score (nSPS) is 12.7. The Morgan fingerprint density at radius 3 is 2.73 bits per heavy atom. The lowest BCUT2D eigenvalue weighted by Gasteiger charge is -1.96. The molecular weight excluding hydrogens is 258 g/mol. The summed E-state index contributed by atoms with van der Waals surface area (Å²) in [5, 5.41) is 3.80. The first-order chi connectivity index (χ1) is 7.18. The maximum Gasteiger partial charge on any atom is 0.259 e. The van der Waals surface area contributed by atoms with Crippen LogP contribution in [0.1, 0.15) is 18.8 Å². The third-order valence-corrected chi connectivity index (χ3v) is 2.64. The number of nitrogens with zero attached hydrogens (tertiary/aromatic N) is 2. The van der Waals surface area contributed by atoms with Gasteiger partial charge in [0, 0.05) is 4.47 Å². The molecule has 0 aliphatic rings. The molecule has 2 N–H and O–H groups in total. The van der Waals surface area contributed by atoms with Crippen LogP contribution in [0.15, 0.2) is 33.3 Å². The minimum Gasteiger partial charge on any atom is -0.334 e. The highest BCUT2D eigenvalue weighted by molar-refractivity contribution is 9.10. The standard InChI is InChI=1S/C10H10BrN3O/c1-6(12)9-13-10(15-14-9)7-4-2-3-5-8(7)11/h2-6H,12H2,1H3. The highest BCUT2D eigenvalue weighted by atomic mass is 79.9. The number of rotatable bonds is 2. The molecule has 1 unspecified atom stereocenters. The average molecular weight is 268 g/mol. The molecule has 1 heterocycles. The predicted octanol–water partition coefficient (Wildman–Crippen LogP) is 2.52. The van der Waals surface area contributed by atoms with E-state index in [1.807, 2.05) is 31.2 Å². The molecular formula is C10H10BrN3O. The molecule has 78 valence electrons. The highest BCUT2D eigenvalue weighted by Gasteiger charge is 2.13. The third-order valence-electron chi connectivity index (χ3n) is 1.95. The van der Waals surface area contributed by atoms with Crippen LogP contribution in [0.5, 0.6) is 0 Å². The van der Waals surface area contributed by atoms with Crippen molar-refractivity contribution in [2.24, 2.45) is 5.73 Å². The van der Waals surface area contributed by atoms with E-state index in [2.05, 4.69) is 26.1 Å². The van der Waals surface area contributed by atoms with Crippen molar-refractivity contribution in [3.05, 3.63) is 34.6 Å². The van der Waals surface area contributed by atoms with E-state index in [0.717, 1.165) is 10.0 Å². The second kappa shape index (κ2) is 4.12. The molecule has 4 nitrogen and oxygen atoms in total. The highest BCUT2D eigenvalue weighted by Crippen LogP contribution is 2.26. The van der Waals surface area contributed by atoms with Gasteiger partial charge in [0.15, 0.2) is 5.82 Å². The van der Waals surface area contributed by atoms with Gasteiger partial charge in [0.2, 0.25) is 0 Å². The molecule has 0 radical (unpaired) electrons. The van der Waals surface area contributed by atoms with Crippen molar-refractivity contribution in [3.8, 4) is 11.5 Å². The summed E-state index contributed by atoms with van der Waals surface area (Å²) in [7, 11) is 0. The molecule has 0 fully saturated rings. The average Bonchev–Trinajstić information content (AvgIpc) is 2.67. The van der Waals surface area contributed by atoms with E-state index >= 15 is 0 Å². The van der Waals surface area contributed by atoms with E-state index in [1.54, 1.807) is 0 Å². The Labute approximate surface area is 95.6 Å². The molecule has 1 aromatic carbocycles. The van der Waals surface area contributed by atoms with Gasteiger partial charge in [0.1, 0.15) is 0 Å². The van der Waals surface area contributed by atoms with Gasteiger partial charge in [-0.3, -0.25) is 0 Å². The Hall–Kier alpha value is -1.20. The zero-order valence-electron chi connectivity index (χ0n) is 8.14. The third kappa shape index (κ3) is 2.08. The maximum atomic E-state index is 5.65. The molecule has 1 atom stereocenters. The van der Waals surface area contributed by atoms with E-state index in [4.69, 9.17) is 10.3 Å². The van der Waals surface area contributed by atoms with Gasteiger partial charge < -0.3 is 10.3 Å². The van der Waals surface area contributed by atoms with Crippen LogP contribution in [0.2, 0.25) is 0 Å². The van der Waals surface area contributed by atoms with Crippen molar-refractivity contribution in [1.29, 1.82) is 0 Å². The van der Waals surface area contributed by atoms with E-state index in [1.165, 1.54) is 0 Å². The topological polar surface area (TPSA) is 64.9 Å². The number of hydrogen-bond acceptors (Lipinski definition) is 4. The van der Waals surface area contributed by atoms with E-state index in [9.17, 15) is 0 Å². The molecule has 1 aromatic heterocycles. The van der Waals surface area contributed by atoms with Crippen LogP contribution >= 0.6 is 15.9 Å². The summed E-state index contributed by atoms with van der Waals surface area (Å²) < 4.78 is 6.04. The van der Waals surface area contributed by atoms with Crippen molar-refractivity contribution in [2.45, 2.75) is 13.0 Å². The van der Waals surface area contributed by atoms with Crippen LogP contribution in [0.4, 0.5) is 0 Å². The molecule has 0 bridgehead atoms. The number of halogens is 1. The lowest BCUT2D eigenvalue weighted by Crippen LogP contribution is -2.06. The van der Waals surface area contributed by atoms with Crippen LogP contribution < -0.4 is 5.73 Å². The summed E-state index contributed by atoms with van der Waals surface area (Å²) >= 11 is 3.42. The van der Waals surface area contributed by atoms with Crippen LogP contribution in [0, 0.1) is 0 Å². The lowest BCUT2D eigenvalue weighted by molar-refractivity contribution is 0.418. The van der Waals surface area contributed by atoms with Crippen LogP contribution in [-0.2, 0) is 0 Å². The summed E-state index contributed by atoms with van der Waals surface area (Å²) in [4.78, 5) is 4.21. The Morgan fingerprint density at radius 1 is 1.40 bits per heavy atom. The SMILES string of the molecule is CC(N)c1noc(-c2ccccc2Br)n1. The smallest absolute Gasteiger partial charge is 0.259 e. The summed E-state index contributed by atoms with van der Waals surface area (Å²) in [6.45, 7) is 1.81. The quantitative estimate of drug-likeness (QED) is 0.908. The molecule has 0 aliphatic heterocycles. The predicted molar refractivity (Wildman–Crippen MR) is 60.0 cm³/mol. The summed E-state index contributed by atoms with van der Waals surface area (Å²) in [6, 6.07) is 7.45. The first kappa shape index (κ1) is 10.3. The minimum absolute atomic E-state index is 0.218. The Kier molecular flexibility index (Phi) is 2.83. The zero-order chi connectivity index (χ0) is 10.8. The lowest BCUT2D eigenvalue weighted by atomic mass is 10.2. The van der Waals surface area contributed by atoms with Crippen molar-refractivity contribution in [2.75, 3.05) is 0 Å². The Balaban J connectivity index is 2.42. The number of nitrogens with two attached hydrogens (primary N) is 1. The summed E-state index contributed by atoms with van der Waals surface area (Å²) in [5.74, 6) is 0.996. The monoisotopic (exact) mass is 267 g/mol. The van der Waals surface area contributed by atoms with Crippen molar-refractivity contribution >= 4 is 15.9 Å². The second-order valence-corrected chi connectivity index (χ2v) is 4.08. The van der Waals surface area contributed by atoms with Gasteiger partial charge in [-0.25, -0.2) is 0 Å². The largest absolute Gasteiger partial charge is 0.334 e. The Morgan fingerprint density at radius 2 is 2.13 bits per heavy atom. The van der Waals surface area contributed by atoms with Crippen molar-refractivity contribution < 1.29 is 4.52 Å². The molecule has 2 aromatic rings. The molecule has 0 aliphatic carbocycles. The van der Waals surface area contributed by atoms with Gasteiger partial charge >= 0.3 is 0 Å². The van der Waals surface area contributed by atoms with E-state index in [0.29, 0.717) is 11.7 Å². The van der Waals surface area contributed by atoms with E-state index < -0.39 is 0 Å². The van der Waals surface area contributed by atoms with Gasteiger partial charge in [0.05, 0.1) is 11.6 Å². The molecule has 5 heteroatoms. The van der Waals surface area contributed by atoms with Crippen LogP contribution in [0.3, 0.4) is 0 Å². The van der Waals surface area contributed by atoms with Gasteiger partial charge in [-0.1, -0.05) is 17.3 Å². The molecule has 0 spiro atoms. The van der Waals surface area contributed by atoms with E-state index in [-0.39, 0.29) is 6.04 Å². The first-order valence-electron chi connectivity index (χ1n) is 4.52. The molecule has 0 amide bonds. The molecule has 0 saturated carbocycles. The van der Waals surface area contributed by atoms with Crippen LogP contribution in [-0.4, -0.2) is 10.1 Å². The fourth-order valence-electron chi connectivity index (χ4n) is 1.16.